The zero-order valence-corrected chi connectivity index (χ0v) is 7.12. The molecular formula is Eu2F4. The van der Waals surface area contributed by atoms with Gasteiger partial charge < -0.3 is 18.8 Å². The van der Waals surface area contributed by atoms with Gasteiger partial charge in [0.15, 0.2) is 0 Å². The molecule has 0 heterocycles. The van der Waals surface area contributed by atoms with Crippen molar-refractivity contribution in [2.75, 3.05) is 0 Å². The Hall–Kier alpha value is 2.89. The molecule has 0 amide bonds. The maximum atomic E-state index is 0. The van der Waals surface area contributed by atoms with Gasteiger partial charge in [-0.2, -0.15) is 0 Å². The van der Waals surface area contributed by atoms with Gasteiger partial charge in [-0.1, -0.05) is 0 Å². The maximum Gasteiger partial charge on any atom is 2.00 e. The van der Waals surface area contributed by atoms with Crippen molar-refractivity contribution in [3.05, 3.63) is 0 Å². The second-order valence-electron chi connectivity index (χ2n) is 0. The number of hydrogen-bond donors (Lipinski definition) is 0. The number of hydrogen-bond acceptors (Lipinski definition) is 0. The van der Waals surface area contributed by atoms with Gasteiger partial charge in [0.1, 0.15) is 0 Å². The standard InChI is InChI=1S/2Eu.4FH/h;;4*1H/q2*+2;;;;/p-4. The van der Waals surface area contributed by atoms with Crippen molar-refractivity contribution in [1.82, 2.24) is 0 Å². The smallest absolute Gasteiger partial charge is 1.00 e. The molecule has 6 heteroatoms. The summed E-state index contributed by atoms with van der Waals surface area (Å²) in [5.41, 5.74) is 0. The predicted molar refractivity (Wildman–Crippen MR) is 0 cm³/mol. The minimum Gasteiger partial charge on any atom is -1.00 e. The van der Waals surface area contributed by atoms with Crippen molar-refractivity contribution in [3.8, 4) is 0 Å². The van der Waals surface area contributed by atoms with Crippen molar-refractivity contribution in [2.24, 2.45) is 0 Å². The molecule has 0 saturated heterocycles. The third-order valence-electron chi connectivity index (χ3n) is 0. The molecule has 0 aliphatic carbocycles. The predicted octanol–water partition coefficient (Wildman–Crippen LogP) is -12.0. The Bertz CT molecular complexity index is 5.51. The van der Waals surface area contributed by atoms with E-state index in [9.17, 15) is 0 Å². The van der Waals surface area contributed by atoms with E-state index in [-0.39, 0.29) is 118 Å². The van der Waals surface area contributed by atoms with E-state index in [4.69, 9.17) is 0 Å². The van der Waals surface area contributed by atoms with Crippen molar-refractivity contribution in [2.45, 2.75) is 0 Å². The van der Waals surface area contributed by atoms with Crippen LogP contribution < -0.4 is 18.8 Å². The Kier molecular flexibility index (Phi) is 496. The van der Waals surface area contributed by atoms with Gasteiger partial charge in [-0.15, -0.1) is 0 Å². The first-order valence-corrected chi connectivity index (χ1v) is 0. The minimum absolute atomic E-state index is 0. The molecule has 0 N–H and O–H groups in total. The van der Waals surface area contributed by atoms with Gasteiger partial charge in [-0.3, -0.25) is 0 Å². The van der Waals surface area contributed by atoms with E-state index in [0.717, 1.165) is 0 Å². The van der Waals surface area contributed by atoms with Crippen LogP contribution in [0.2, 0.25) is 0 Å². The van der Waals surface area contributed by atoms with Crippen LogP contribution in [0.4, 0.5) is 0 Å². The molecule has 0 aromatic carbocycles. The van der Waals surface area contributed by atoms with Crippen molar-refractivity contribution in [1.29, 1.82) is 0 Å². The van der Waals surface area contributed by atoms with Gasteiger partial charge in [0.2, 0.25) is 0 Å². The van der Waals surface area contributed by atoms with Crippen LogP contribution in [0.5, 0.6) is 0 Å². The normalized spacial score (nSPS) is 0. The van der Waals surface area contributed by atoms with Crippen LogP contribution in [0, 0.1) is 98.8 Å². The Labute approximate surface area is 114 Å². The molecule has 0 aromatic rings. The third-order valence-corrected chi connectivity index (χ3v) is 0. The first-order valence-electron chi connectivity index (χ1n) is 0. The van der Waals surface area contributed by atoms with E-state index in [1.54, 1.807) is 0 Å². The zero-order valence-electron chi connectivity index (χ0n) is 2.27. The van der Waals surface area contributed by atoms with Crippen LogP contribution in [0.1, 0.15) is 0 Å². The van der Waals surface area contributed by atoms with Crippen molar-refractivity contribution >= 4 is 0 Å². The molecule has 42 valence electrons. The third kappa shape index (κ3) is 28.6. The fraction of sp³-hybridized carbons (Fsp3) is 0. The second-order valence-corrected chi connectivity index (χ2v) is 0. The molecule has 0 nitrogen and oxygen atoms in total. The van der Waals surface area contributed by atoms with E-state index >= 15 is 0 Å². The fourth-order valence-corrected chi connectivity index (χ4v) is 0. The first-order chi connectivity index (χ1) is 0. The molecule has 0 aliphatic rings. The van der Waals surface area contributed by atoms with Crippen LogP contribution in [-0.4, -0.2) is 0 Å². The van der Waals surface area contributed by atoms with Gasteiger partial charge in [0.25, 0.3) is 0 Å². The molecule has 0 atom stereocenters. The average molecular weight is 380 g/mol. The molecule has 6 heavy (non-hydrogen) atoms. The van der Waals surface area contributed by atoms with Crippen molar-refractivity contribution in [3.63, 3.8) is 0 Å². The topological polar surface area (TPSA) is 0 Å². The summed E-state index contributed by atoms with van der Waals surface area (Å²) >= 11 is 0. The summed E-state index contributed by atoms with van der Waals surface area (Å²) in [4.78, 5) is 0. The summed E-state index contributed by atoms with van der Waals surface area (Å²) in [5, 5.41) is 0. The van der Waals surface area contributed by atoms with E-state index < -0.39 is 0 Å². The summed E-state index contributed by atoms with van der Waals surface area (Å²) < 4.78 is 0. The molecule has 0 fully saturated rings. The molecule has 0 rings (SSSR count). The summed E-state index contributed by atoms with van der Waals surface area (Å²) in [6.45, 7) is 0. The largest absolute Gasteiger partial charge is 2.00 e. The van der Waals surface area contributed by atoms with Gasteiger partial charge in [0, 0.05) is 0 Å². The first kappa shape index (κ1) is 66.3. The summed E-state index contributed by atoms with van der Waals surface area (Å²) in [7, 11) is 0. The molecule has 0 unspecified atom stereocenters. The SMILES string of the molecule is [Eu+2].[Eu+2].[F-].[F-].[F-].[F-]. The number of halogens is 4. The van der Waals surface area contributed by atoms with Crippen LogP contribution in [0.25, 0.3) is 0 Å². The van der Waals surface area contributed by atoms with Gasteiger partial charge in [-0.25, -0.2) is 0 Å². The van der Waals surface area contributed by atoms with E-state index in [0.29, 0.717) is 0 Å². The van der Waals surface area contributed by atoms with Gasteiger partial charge in [-0.05, 0) is 0 Å². The van der Waals surface area contributed by atoms with Gasteiger partial charge >= 0.3 is 98.8 Å². The Morgan fingerprint density at radius 3 is 0.333 bits per heavy atom. The summed E-state index contributed by atoms with van der Waals surface area (Å²) in [6.07, 6.45) is 0. The van der Waals surface area contributed by atoms with E-state index in [2.05, 4.69) is 0 Å². The summed E-state index contributed by atoms with van der Waals surface area (Å²) in [6, 6.07) is 0. The van der Waals surface area contributed by atoms with Crippen LogP contribution >= 0.6 is 0 Å². The molecule has 0 bridgehead atoms. The molecule has 2 radical (unpaired) electrons. The van der Waals surface area contributed by atoms with Crippen LogP contribution in [0.3, 0.4) is 0 Å². The molecule has 0 aromatic heterocycles. The maximum absolute atomic E-state index is 0. The van der Waals surface area contributed by atoms with Crippen LogP contribution in [0.15, 0.2) is 0 Å². The summed E-state index contributed by atoms with van der Waals surface area (Å²) in [5.74, 6) is 0. The van der Waals surface area contributed by atoms with Crippen molar-refractivity contribution < 1.29 is 118 Å². The number of rotatable bonds is 0. The molecular weight excluding hydrogens is 380 g/mol. The monoisotopic (exact) mass is 382 g/mol. The fourth-order valence-electron chi connectivity index (χ4n) is 0. The Morgan fingerprint density at radius 1 is 0.333 bits per heavy atom. The van der Waals surface area contributed by atoms with E-state index in [1.165, 1.54) is 0 Å². The minimum atomic E-state index is 0. The Balaban J connectivity index is 0. The molecule has 0 saturated carbocycles. The molecule has 0 aliphatic heterocycles. The van der Waals surface area contributed by atoms with E-state index in [1.807, 2.05) is 0 Å². The van der Waals surface area contributed by atoms with Gasteiger partial charge in [0.05, 0.1) is 0 Å². The average Bonchev–Trinajstić information content (AvgIpc) is 0. The molecule has 0 spiro atoms. The van der Waals surface area contributed by atoms with Crippen LogP contribution in [-0.2, 0) is 0 Å². The second kappa shape index (κ2) is 44.9. The Morgan fingerprint density at radius 2 is 0.333 bits per heavy atom. The quantitative estimate of drug-likeness (QED) is 0.367. The zero-order chi connectivity index (χ0) is 0.